The summed E-state index contributed by atoms with van der Waals surface area (Å²) in [5.74, 6) is 14.9. The van der Waals surface area contributed by atoms with Crippen LogP contribution in [-0.2, 0) is 10.3 Å². The fourth-order valence-corrected chi connectivity index (χ4v) is 4.89. The molecule has 2 N–H and O–H groups in total. The first-order valence-electron chi connectivity index (χ1n) is 13.8. The fourth-order valence-electron chi connectivity index (χ4n) is 4.89. The third kappa shape index (κ3) is 5.56. The lowest BCUT2D eigenvalue weighted by Gasteiger charge is -2.32. The molecule has 0 aromatic heterocycles. The lowest BCUT2D eigenvalue weighted by molar-refractivity contribution is 0.131. The summed E-state index contributed by atoms with van der Waals surface area (Å²) in [6.07, 6.45) is 14.2. The van der Waals surface area contributed by atoms with E-state index in [2.05, 4.69) is 35.6 Å². The van der Waals surface area contributed by atoms with E-state index in [0.29, 0.717) is 46.1 Å². The molecule has 41 heavy (non-hydrogen) atoms. The molecular formula is C36H33NO4. The minimum Gasteiger partial charge on any atom is -0.462 e. The summed E-state index contributed by atoms with van der Waals surface area (Å²) < 4.78 is 12.0. The van der Waals surface area contributed by atoms with Gasteiger partial charge in [-0.2, -0.15) is 0 Å². The first-order valence-corrected chi connectivity index (χ1v) is 13.8. The summed E-state index contributed by atoms with van der Waals surface area (Å²) in [4.78, 5) is 4.60. The SMILES string of the molecule is C/C=C\C1=CC(O)(C#CC2=CC=CC(C)(C#CC3(O)c4ccccc4Oc4ccccc43)C=N2)C(C)=C(CCC)O1. The van der Waals surface area contributed by atoms with Crippen LogP contribution in [0.25, 0.3) is 0 Å². The Morgan fingerprint density at radius 3 is 2.29 bits per heavy atom. The highest BCUT2D eigenvalue weighted by atomic mass is 16.5. The molecule has 0 fully saturated rings. The number of allylic oxidation sites excluding steroid dienone is 7. The van der Waals surface area contributed by atoms with Crippen LogP contribution < -0.4 is 4.74 Å². The van der Waals surface area contributed by atoms with Crippen LogP contribution in [0.15, 0.2) is 113 Å². The second-order valence-corrected chi connectivity index (χ2v) is 10.5. The Morgan fingerprint density at radius 1 is 0.951 bits per heavy atom. The second kappa shape index (κ2) is 11.1. The highest BCUT2D eigenvalue weighted by Crippen LogP contribution is 2.46. The van der Waals surface area contributed by atoms with Crippen molar-refractivity contribution < 1.29 is 19.7 Å². The number of hydrogen-bond acceptors (Lipinski definition) is 5. The van der Waals surface area contributed by atoms with Gasteiger partial charge >= 0.3 is 0 Å². The zero-order valence-corrected chi connectivity index (χ0v) is 23.7. The van der Waals surface area contributed by atoms with Gasteiger partial charge in [-0.15, -0.1) is 0 Å². The number of rotatable bonds is 3. The highest BCUT2D eigenvalue weighted by molar-refractivity contribution is 5.76. The van der Waals surface area contributed by atoms with Gasteiger partial charge in [0.25, 0.3) is 0 Å². The summed E-state index contributed by atoms with van der Waals surface area (Å²) in [6.45, 7) is 7.73. The molecule has 3 aliphatic heterocycles. The van der Waals surface area contributed by atoms with E-state index < -0.39 is 16.6 Å². The van der Waals surface area contributed by atoms with Gasteiger partial charge in [0.2, 0.25) is 0 Å². The average molecular weight is 544 g/mol. The molecule has 2 aromatic carbocycles. The molecule has 2 atom stereocenters. The topological polar surface area (TPSA) is 71.3 Å². The lowest BCUT2D eigenvalue weighted by atomic mass is 9.82. The van der Waals surface area contributed by atoms with Crippen LogP contribution >= 0.6 is 0 Å². The Kier molecular flexibility index (Phi) is 7.61. The van der Waals surface area contributed by atoms with Crippen LogP contribution in [0, 0.1) is 29.1 Å². The fraction of sp³-hybridized carbons (Fsp3) is 0.250. The van der Waals surface area contributed by atoms with E-state index in [0.717, 1.165) is 12.2 Å². The van der Waals surface area contributed by atoms with Crippen molar-refractivity contribution in [3.05, 3.63) is 119 Å². The molecule has 0 radical (unpaired) electrons. The Labute approximate surface area is 241 Å². The normalized spacial score (nSPS) is 23.9. The number of aliphatic imine (C=N–C) groups is 1. The van der Waals surface area contributed by atoms with Crippen molar-refractivity contribution in [2.24, 2.45) is 10.4 Å². The van der Waals surface area contributed by atoms with Gasteiger partial charge in [0.1, 0.15) is 28.7 Å². The number of nitrogens with zero attached hydrogens (tertiary/aromatic N) is 1. The molecule has 2 aromatic rings. The third-order valence-electron chi connectivity index (χ3n) is 7.23. The van der Waals surface area contributed by atoms with Crippen LogP contribution in [0.5, 0.6) is 11.5 Å². The highest BCUT2D eigenvalue weighted by Gasteiger charge is 2.39. The van der Waals surface area contributed by atoms with E-state index in [1.54, 1.807) is 18.4 Å². The minimum absolute atomic E-state index is 0.484. The summed E-state index contributed by atoms with van der Waals surface area (Å²) in [6, 6.07) is 14.8. The number of ether oxygens (including phenoxy) is 2. The van der Waals surface area contributed by atoms with Gasteiger partial charge < -0.3 is 19.7 Å². The van der Waals surface area contributed by atoms with Crippen molar-refractivity contribution in [3.8, 4) is 35.2 Å². The van der Waals surface area contributed by atoms with E-state index in [1.165, 1.54) is 0 Å². The van der Waals surface area contributed by atoms with Crippen molar-refractivity contribution in [1.82, 2.24) is 0 Å². The van der Waals surface area contributed by atoms with Crippen molar-refractivity contribution in [2.75, 3.05) is 0 Å². The second-order valence-electron chi connectivity index (χ2n) is 10.5. The van der Waals surface area contributed by atoms with Crippen molar-refractivity contribution in [2.45, 2.75) is 51.7 Å². The van der Waals surface area contributed by atoms with E-state index in [1.807, 2.05) is 93.6 Å². The van der Waals surface area contributed by atoms with Gasteiger partial charge in [0.15, 0.2) is 11.2 Å². The standard InChI is InChI=1S/C36H33NO4/c1-5-12-28-24-35(38,26(3)31(40-28)13-6-2)21-19-27-14-11-20-34(4,25-37-27)22-23-36(39)29-15-7-9-17-32(29)41-33-18-10-8-16-30(33)36/h5,7-12,14-18,20,24-25,38-39H,6,13H2,1-4H3/b12-5-. The van der Waals surface area contributed by atoms with E-state index >= 15 is 0 Å². The quantitative estimate of drug-likeness (QED) is 0.415. The first-order chi connectivity index (χ1) is 19.7. The van der Waals surface area contributed by atoms with Crippen LogP contribution in [0.1, 0.15) is 51.7 Å². The van der Waals surface area contributed by atoms with Gasteiger partial charge in [0.05, 0.1) is 5.41 Å². The molecule has 3 heterocycles. The van der Waals surface area contributed by atoms with E-state index in [9.17, 15) is 10.2 Å². The largest absolute Gasteiger partial charge is 0.462 e. The van der Waals surface area contributed by atoms with Crippen molar-refractivity contribution >= 4 is 6.21 Å². The summed E-state index contributed by atoms with van der Waals surface area (Å²) >= 11 is 0. The van der Waals surface area contributed by atoms with Gasteiger partial charge in [-0.3, -0.25) is 4.99 Å². The number of aliphatic hydroxyl groups is 2. The Morgan fingerprint density at radius 2 is 1.63 bits per heavy atom. The number of fused-ring (bicyclic) bond motifs is 2. The van der Waals surface area contributed by atoms with Crippen molar-refractivity contribution in [1.29, 1.82) is 0 Å². The zero-order chi connectivity index (χ0) is 29.1. The van der Waals surface area contributed by atoms with Gasteiger partial charge in [-0.1, -0.05) is 79.3 Å². The average Bonchev–Trinajstić information content (AvgIpc) is 3.16. The summed E-state index contributed by atoms with van der Waals surface area (Å²) in [7, 11) is 0. The Balaban J connectivity index is 1.46. The third-order valence-corrected chi connectivity index (χ3v) is 7.23. The van der Waals surface area contributed by atoms with E-state index in [4.69, 9.17) is 9.47 Å². The molecule has 5 heteroatoms. The molecule has 0 aliphatic carbocycles. The maximum absolute atomic E-state index is 11.9. The minimum atomic E-state index is -1.55. The summed E-state index contributed by atoms with van der Waals surface area (Å²) in [5.41, 5.74) is -1.46. The molecule has 0 saturated heterocycles. The molecular weight excluding hydrogens is 510 g/mol. The smallest absolute Gasteiger partial charge is 0.184 e. The number of benzene rings is 2. The molecule has 2 unspecified atom stereocenters. The zero-order valence-electron chi connectivity index (χ0n) is 23.7. The molecule has 3 aliphatic rings. The number of para-hydroxylation sites is 2. The molecule has 0 spiro atoms. The molecule has 5 rings (SSSR count). The van der Waals surface area contributed by atoms with Crippen LogP contribution in [0.3, 0.4) is 0 Å². The summed E-state index contributed by atoms with van der Waals surface area (Å²) in [5, 5.41) is 23.4. The monoisotopic (exact) mass is 543 g/mol. The van der Waals surface area contributed by atoms with Crippen molar-refractivity contribution in [3.63, 3.8) is 0 Å². The van der Waals surface area contributed by atoms with Gasteiger partial charge in [-0.05, 0) is 57.4 Å². The molecule has 206 valence electrons. The first kappa shape index (κ1) is 28.0. The van der Waals surface area contributed by atoms with Gasteiger partial charge in [-0.25, -0.2) is 0 Å². The van der Waals surface area contributed by atoms with Crippen LogP contribution in [-0.4, -0.2) is 22.0 Å². The lowest BCUT2D eigenvalue weighted by Crippen LogP contribution is -2.30. The van der Waals surface area contributed by atoms with E-state index in [-0.39, 0.29) is 0 Å². The van der Waals surface area contributed by atoms with Crippen LogP contribution in [0.2, 0.25) is 0 Å². The molecule has 0 saturated carbocycles. The maximum Gasteiger partial charge on any atom is 0.184 e. The van der Waals surface area contributed by atoms with Gasteiger partial charge in [0, 0.05) is 35.4 Å². The molecule has 0 bridgehead atoms. The number of hydrogen-bond donors (Lipinski definition) is 2. The molecule has 0 amide bonds. The Hall–Kier alpha value is -4.55. The van der Waals surface area contributed by atoms with Crippen LogP contribution in [0.4, 0.5) is 0 Å². The Bertz CT molecular complexity index is 1640. The molecule has 5 nitrogen and oxygen atoms in total. The predicted octanol–water partition coefficient (Wildman–Crippen LogP) is 6.86. The maximum atomic E-state index is 11.9. The predicted molar refractivity (Wildman–Crippen MR) is 162 cm³/mol.